The average molecular weight is 399 g/mol. The van der Waals surface area contributed by atoms with Crippen LogP contribution in [0.4, 0.5) is 0 Å². The largest absolute Gasteiger partial charge is 0.348 e. The highest BCUT2D eigenvalue weighted by Gasteiger charge is 2.17. The van der Waals surface area contributed by atoms with E-state index in [0.29, 0.717) is 17.9 Å². The van der Waals surface area contributed by atoms with E-state index in [0.717, 1.165) is 31.1 Å². The van der Waals surface area contributed by atoms with E-state index in [-0.39, 0.29) is 5.91 Å². The molecular weight excluding hydrogens is 368 g/mol. The molecule has 2 unspecified atom stereocenters. The summed E-state index contributed by atoms with van der Waals surface area (Å²) in [6.45, 7) is 6.07. The minimum absolute atomic E-state index is 0.0925. The van der Waals surface area contributed by atoms with E-state index in [4.69, 9.17) is 0 Å². The second-order valence-electron chi connectivity index (χ2n) is 7.85. The molecule has 0 radical (unpaired) electrons. The Morgan fingerprint density at radius 2 is 1.96 bits per heavy atom. The highest BCUT2D eigenvalue weighted by atomic mass is 32.2. The third-order valence-corrected chi connectivity index (χ3v) is 5.99. The van der Waals surface area contributed by atoms with E-state index in [1.54, 1.807) is 12.3 Å². The van der Waals surface area contributed by atoms with Crippen LogP contribution in [0.5, 0.6) is 0 Å². The Hall–Kier alpha value is -1.98. The van der Waals surface area contributed by atoms with Gasteiger partial charge in [0.05, 0.1) is 0 Å². The summed E-state index contributed by atoms with van der Waals surface area (Å²) in [6.07, 6.45) is 4.25. The molecule has 3 rings (SSSR count). The summed E-state index contributed by atoms with van der Waals surface area (Å²) < 4.78 is 11.4. The summed E-state index contributed by atoms with van der Waals surface area (Å²) in [5, 5.41) is 3.05. The van der Waals surface area contributed by atoms with Gasteiger partial charge in [0, 0.05) is 48.0 Å². The van der Waals surface area contributed by atoms with Gasteiger partial charge < -0.3 is 5.32 Å². The van der Waals surface area contributed by atoms with Gasteiger partial charge in [-0.1, -0.05) is 43.3 Å². The van der Waals surface area contributed by atoms with Crippen LogP contribution in [-0.4, -0.2) is 34.4 Å². The number of piperidine rings is 1. The lowest BCUT2D eigenvalue weighted by molar-refractivity contribution is 0.0950. The van der Waals surface area contributed by atoms with Crippen LogP contribution in [0.25, 0.3) is 0 Å². The van der Waals surface area contributed by atoms with Crippen molar-refractivity contribution in [1.29, 1.82) is 0 Å². The second kappa shape index (κ2) is 9.99. The molecule has 1 amide bonds. The number of likely N-dealkylation sites (tertiary alicyclic amines) is 1. The Morgan fingerprint density at radius 1 is 1.18 bits per heavy atom. The normalized spacial score (nSPS) is 18.6. The molecule has 2 aromatic carbocycles. The van der Waals surface area contributed by atoms with Crippen LogP contribution in [0, 0.1) is 5.92 Å². The monoisotopic (exact) mass is 398 g/mol. The highest BCUT2D eigenvalue weighted by Crippen LogP contribution is 2.19. The molecule has 1 fully saturated rings. The summed E-state index contributed by atoms with van der Waals surface area (Å²) in [6, 6.07) is 15.8. The van der Waals surface area contributed by atoms with Crippen LogP contribution in [0.1, 0.15) is 46.8 Å². The van der Waals surface area contributed by atoms with Gasteiger partial charge in [-0.3, -0.25) is 13.9 Å². The van der Waals surface area contributed by atoms with Gasteiger partial charge in [-0.25, -0.2) is 0 Å². The molecule has 4 nitrogen and oxygen atoms in total. The number of carbonyl (C=O) groups is 1. The molecule has 0 spiro atoms. The van der Waals surface area contributed by atoms with Gasteiger partial charge in [-0.05, 0) is 54.1 Å². The maximum absolute atomic E-state index is 12.6. The first-order chi connectivity index (χ1) is 13.5. The first-order valence-corrected chi connectivity index (χ1v) is 11.7. The molecule has 1 heterocycles. The molecule has 1 aliphatic rings. The fraction of sp³-hybridized carbons (Fsp3) is 0.435. The van der Waals surface area contributed by atoms with Crippen molar-refractivity contribution < 1.29 is 9.00 Å². The van der Waals surface area contributed by atoms with Crippen molar-refractivity contribution in [2.24, 2.45) is 5.92 Å². The van der Waals surface area contributed by atoms with Crippen LogP contribution >= 0.6 is 0 Å². The SMILES string of the molecule is CC1CCCN(Cc2ccccc2CNC(=O)c2cccc(CS(C)=O)c2)C1. The Balaban J connectivity index is 1.63. The first kappa shape index (κ1) is 20.7. The number of carbonyl (C=O) groups excluding carboxylic acids is 1. The predicted octanol–water partition coefficient (Wildman–Crippen LogP) is 3.73. The predicted molar refractivity (Wildman–Crippen MR) is 115 cm³/mol. The summed E-state index contributed by atoms with van der Waals surface area (Å²) >= 11 is 0. The van der Waals surface area contributed by atoms with Gasteiger partial charge in [-0.15, -0.1) is 0 Å². The molecule has 150 valence electrons. The molecule has 1 aliphatic heterocycles. The average Bonchev–Trinajstić information content (AvgIpc) is 2.67. The molecule has 0 bridgehead atoms. The van der Waals surface area contributed by atoms with Gasteiger partial charge in [0.1, 0.15) is 0 Å². The number of nitrogens with zero attached hydrogens (tertiary/aromatic N) is 1. The summed E-state index contributed by atoms with van der Waals surface area (Å²) in [5.74, 6) is 1.13. The molecule has 2 aromatic rings. The van der Waals surface area contributed by atoms with Crippen molar-refractivity contribution in [3.63, 3.8) is 0 Å². The van der Waals surface area contributed by atoms with Gasteiger partial charge in [0.2, 0.25) is 0 Å². The van der Waals surface area contributed by atoms with Gasteiger partial charge in [-0.2, -0.15) is 0 Å². The van der Waals surface area contributed by atoms with Gasteiger partial charge in [0.25, 0.3) is 5.91 Å². The molecule has 28 heavy (non-hydrogen) atoms. The summed E-state index contributed by atoms with van der Waals surface area (Å²) in [7, 11) is -0.918. The lowest BCUT2D eigenvalue weighted by Gasteiger charge is -2.31. The lowest BCUT2D eigenvalue weighted by Crippen LogP contribution is -2.34. The van der Waals surface area contributed by atoms with Crippen molar-refractivity contribution in [2.45, 2.75) is 38.6 Å². The fourth-order valence-electron chi connectivity index (χ4n) is 3.87. The lowest BCUT2D eigenvalue weighted by atomic mass is 9.99. The zero-order valence-corrected chi connectivity index (χ0v) is 17.6. The van der Waals surface area contributed by atoms with Crippen LogP contribution < -0.4 is 5.32 Å². The molecule has 5 heteroatoms. The maximum Gasteiger partial charge on any atom is 0.251 e. The Labute approximate surface area is 170 Å². The van der Waals surface area contributed by atoms with Gasteiger partial charge >= 0.3 is 0 Å². The van der Waals surface area contributed by atoms with E-state index in [1.165, 1.54) is 24.0 Å². The minimum atomic E-state index is -0.918. The molecular formula is C23H30N2O2S. The third-order valence-electron chi connectivity index (χ3n) is 5.25. The van der Waals surface area contributed by atoms with Crippen LogP contribution in [0.3, 0.4) is 0 Å². The summed E-state index contributed by atoms with van der Waals surface area (Å²) in [4.78, 5) is 15.1. The molecule has 0 aromatic heterocycles. The van der Waals surface area contributed by atoms with E-state index in [1.807, 2.05) is 24.3 Å². The number of benzene rings is 2. The Morgan fingerprint density at radius 3 is 2.71 bits per heavy atom. The van der Waals surface area contributed by atoms with Crippen molar-refractivity contribution >= 4 is 16.7 Å². The first-order valence-electron chi connectivity index (χ1n) is 9.97. The molecule has 2 atom stereocenters. The van der Waals surface area contributed by atoms with E-state index in [2.05, 4.69) is 35.3 Å². The van der Waals surface area contributed by atoms with Gasteiger partial charge in [0.15, 0.2) is 0 Å². The Kier molecular flexibility index (Phi) is 7.40. The molecule has 1 saturated heterocycles. The van der Waals surface area contributed by atoms with Crippen molar-refractivity contribution in [3.8, 4) is 0 Å². The number of rotatable bonds is 7. The summed E-state index contributed by atoms with van der Waals surface area (Å²) in [5.41, 5.74) is 3.99. The number of amides is 1. The smallest absolute Gasteiger partial charge is 0.251 e. The van der Waals surface area contributed by atoms with Crippen molar-refractivity contribution in [3.05, 3.63) is 70.8 Å². The number of hydrogen-bond donors (Lipinski definition) is 1. The number of hydrogen-bond acceptors (Lipinski definition) is 3. The Bertz CT molecular complexity index is 837. The quantitative estimate of drug-likeness (QED) is 0.773. The van der Waals surface area contributed by atoms with Crippen LogP contribution in [0.15, 0.2) is 48.5 Å². The fourth-order valence-corrected chi connectivity index (χ4v) is 4.52. The van der Waals surface area contributed by atoms with Crippen molar-refractivity contribution in [2.75, 3.05) is 19.3 Å². The standard InChI is InChI=1S/C23H30N2O2S/c1-18-7-6-12-25(15-18)16-22-10-4-3-9-21(22)14-24-23(26)20-11-5-8-19(13-20)17-28(2)27/h3-5,8-11,13,18H,6-7,12,14-17H2,1-2H3,(H,24,26). The molecule has 1 N–H and O–H groups in total. The minimum Gasteiger partial charge on any atom is -0.348 e. The van der Waals surface area contributed by atoms with Crippen LogP contribution in [-0.2, 0) is 29.6 Å². The van der Waals surface area contributed by atoms with E-state index >= 15 is 0 Å². The highest BCUT2D eigenvalue weighted by molar-refractivity contribution is 7.83. The van der Waals surface area contributed by atoms with Crippen LogP contribution in [0.2, 0.25) is 0 Å². The van der Waals surface area contributed by atoms with E-state index < -0.39 is 10.8 Å². The topological polar surface area (TPSA) is 49.4 Å². The third kappa shape index (κ3) is 6.01. The zero-order chi connectivity index (χ0) is 19.9. The molecule has 0 aliphatic carbocycles. The number of nitrogens with one attached hydrogen (secondary N) is 1. The maximum atomic E-state index is 12.6. The molecule has 0 saturated carbocycles. The van der Waals surface area contributed by atoms with E-state index in [9.17, 15) is 9.00 Å². The second-order valence-corrected chi connectivity index (χ2v) is 9.29. The zero-order valence-electron chi connectivity index (χ0n) is 16.8. The van der Waals surface area contributed by atoms with Crippen molar-refractivity contribution in [1.82, 2.24) is 10.2 Å².